The van der Waals surface area contributed by atoms with Crippen molar-refractivity contribution in [3.8, 4) is 6.07 Å². The van der Waals surface area contributed by atoms with E-state index in [0.29, 0.717) is 19.4 Å². The summed E-state index contributed by atoms with van der Waals surface area (Å²) < 4.78 is 1.14. The monoisotopic (exact) mass is 335 g/mol. The van der Waals surface area contributed by atoms with E-state index in [-0.39, 0.29) is 12.5 Å². The molecule has 3 rings (SSSR count). The van der Waals surface area contributed by atoms with Crippen molar-refractivity contribution in [2.75, 3.05) is 6.54 Å². The lowest BCUT2D eigenvalue weighted by atomic mass is 10.2. The fraction of sp³-hybridized carbons (Fsp3) is 0.211. The van der Waals surface area contributed by atoms with Crippen LogP contribution in [0.2, 0.25) is 0 Å². The van der Waals surface area contributed by atoms with Gasteiger partial charge in [-0.3, -0.25) is 4.79 Å². The highest BCUT2D eigenvalue weighted by Crippen LogP contribution is 2.22. The molecule has 1 aromatic heterocycles. The van der Waals surface area contributed by atoms with Crippen LogP contribution in [0, 0.1) is 11.3 Å². The lowest BCUT2D eigenvalue weighted by molar-refractivity contribution is -0.131. The number of aromatic nitrogens is 1. The van der Waals surface area contributed by atoms with Crippen LogP contribution in [0.25, 0.3) is 10.2 Å². The number of carbonyl (C=O) groups excluding carboxylic acids is 1. The first-order valence-electron chi connectivity index (χ1n) is 7.79. The average molecular weight is 335 g/mol. The van der Waals surface area contributed by atoms with Gasteiger partial charge in [0.2, 0.25) is 5.91 Å². The molecule has 2 aromatic carbocycles. The Morgan fingerprint density at radius 1 is 1.12 bits per heavy atom. The van der Waals surface area contributed by atoms with Gasteiger partial charge in [-0.1, -0.05) is 42.5 Å². The summed E-state index contributed by atoms with van der Waals surface area (Å²) >= 11 is 1.62. The van der Waals surface area contributed by atoms with E-state index >= 15 is 0 Å². The number of rotatable bonds is 6. The third-order valence-electron chi connectivity index (χ3n) is 3.72. The van der Waals surface area contributed by atoms with Crippen LogP contribution in [0.5, 0.6) is 0 Å². The number of benzene rings is 2. The maximum Gasteiger partial charge on any atom is 0.224 e. The van der Waals surface area contributed by atoms with Crippen molar-refractivity contribution in [3.63, 3.8) is 0 Å². The number of amides is 1. The molecule has 0 saturated carbocycles. The standard InChI is InChI=1S/C19H17N3OS/c20-12-13-22(14-15-6-2-1-3-7-15)19(23)11-10-18-21-16-8-4-5-9-17(16)24-18/h1-9H,10-11,13-14H2. The number of nitriles is 1. The van der Waals surface area contributed by atoms with E-state index in [1.165, 1.54) is 0 Å². The smallest absolute Gasteiger partial charge is 0.224 e. The van der Waals surface area contributed by atoms with Gasteiger partial charge >= 0.3 is 0 Å². The third kappa shape index (κ3) is 3.98. The molecule has 0 atom stereocenters. The van der Waals surface area contributed by atoms with E-state index in [2.05, 4.69) is 11.1 Å². The zero-order valence-corrected chi connectivity index (χ0v) is 14.0. The summed E-state index contributed by atoms with van der Waals surface area (Å²) in [4.78, 5) is 18.6. The van der Waals surface area contributed by atoms with E-state index in [4.69, 9.17) is 5.26 Å². The Bertz CT molecular complexity index is 834. The van der Waals surface area contributed by atoms with Gasteiger partial charge in [0.25, 0.3) is 0 Å². The minimum Gasteiger partial charge on any atom is -0.325 e. The van der Waals surface area contributed by atoms with Crippen LogP contribution in [0.4, 0.5) is 0 Å². The summed E-state index contributed by atoms with van der Waals surface area (Å²) in [5.41, 5.74) is 2.00. The van der Waals surface area contributed by atoms with E-state index < -0.39 is 0 Å². The number of hydrogen-bond donors (Lipinski definition) is 0. The van der Waals surface area contributed by atoms with Gasteiger partial charge in [-0.05, 0) is 17.7 Å². The van der Waals surface area contributed by atoms with Crippen molar-refractivity contribution in [3.05, 3.63) is 65.2 Å². The summed E-state index contributed by atoms with van der Waals surface area (Å²) in [6.07, 6.45) is 0.975. The fourth-order valence-electron chi connectivity index (χ4n) is 2.52. The number of fused-ring (bicyclic) bond motifs is 1. The van der Waals surface area contributed by atoms with Crippen LogP contribution < -0.4 is 0 Å². The van der Waals surface area contributed by atoms with Gasteiger partial charge in [0, 0.05) is 19.4 Å². The zero-order chi connectivity index (χ0) is 16.8. The number of para-hydroxylation sites is 1. The Kier molecular flexibility index (Phi) is 5.19. The molecule has 0 fully saturated rings. The van der Waals surface area contributed by atoms with Crippen molar-refractivity contribution in [1.29, 1.82) is 5.26 Å². The molecule has 0 aliphatic heterocycles. The van der Waals surface area contributed by atoms with Crippen LogP contribution in [0.15, 0.2) is 54.6 Å². The van der Waals surface area contributed by atoms with E-state index in [1.807, 2.05) is 54.6 Å². The van der Waals surface area contributed by atoms with Crippen molar-refractivity contribution in [2.24, 2.45) is 0 Å². The summed E-state index contributed by atoms with van der Waals surface area (Å²) in [7, 11) is 0. The maximum absolute atomic E-state index is 12.5. The van der Waals surface area contributed by atoms with Crippen molar-refractivity contribution in [2.45, 2.75) is 19.4 Å². The van der Waals surface area contributed by atoms with Crippen molar-refractivity contribution >= 4 is 27.5 Å². The lowest BCUT2D eigenvalue weighted by Crippen LogP contribution is -2.31. The highest BCUT2D eigenvalue weighted by atomic mass is 32.1. The summed E-state index contributed by atoms with van der Waals surface area (Å²) in [6, 6.07) is 19.8. The molecule has 0 aliphatic rings. The number of carbonyl (C=O) groups is 1. The van der Waals surface area contributed by atoms with Gasteiger partial charge in [-0.25, -0.2) is 4.98 Å². The topological polar surface area (TPSA) is 57.0 Å². The van der Waals surface area contributed by atoms with E-state index in [0.717, 1.165) is 20.8 Å². The first-order chi connectivity index (χ1) is 11.8. The molecule has 0 bridgehead atoms. The third-order valence-corrected chi connectivity index (χ3v) is 4.82. The predicted molar refractivity (Wildman–Crippen MR) is 95.4 cm³/mol. The second-order valence-electron chi connectivity index (χ2n) is 5.47. The molecule has 3 aromatic rings. The number of nitrogens with zero attached hydrogens (tertiary/aromatic N) is 3. The predicted octanol–water partition coefficient (Wildman–Crippen LogP) is 3.78. The molecule has 0 aliphatic carbocycles. The maximum atomic E-state index is 12.5. The van der Waals surface area contributed by atoms with Gasteiger partial charge in [0.1, 0.15) is 6.54 Å². The first kappa shape index (κ1) is 16.2. The largest absolute Gasteiger partial charge is 0.325 e. The molecule has 120 valence electrons. The van der Waals surface area contributed by atoms with Crippen LogP contribution in [0.1, 0.15) is 17.0 Å². The molecule has 4 nitrogen and oxygen atoms in total. The molecule has 0 N–H and O–H groups in total. The van der Waals surface area contributed by atoms with Gasteiger partial charge in [-0.2, -0.15) is 5.26 Å². The first-order valence-corrected chi connectivity index (χ1v) is 8.61. The van der Waals surface area contributed by atoms with E-state index in [9.17, 15) is 4.79 Å². The molecule has 1 heterocycles. The summed E-state index contributed by atoms with van der Waals surface area (Å²) in [5, 5.41) is 9.95. The Balaban J connectivity index is 1.63. The molecule has 0 radical (unpaired) electrons. The molecule has 0 unspecified atom stereocenters. The number of hydrogen-bond acceptors (Lipinski definition) is 4. The minimum atomic E-state index is -0.0142. The number of thiazole rings is 1. The van der Waals surface area contributed by atoms with Crippen LogP contribution in [0.3, 0.4) is 0 Å². The molecular formula is C19H17N3OS. The zero-order valence-electron chi connectivity index (χ0n) is 13.2. The number of aryl methyl sites for hydroxylation is 1. The Labute approximate surface area is 145 Å². The molecule has 5 heteroatoms. The highest BCUT2D eigenvalue weighted by molar-refractivity contribution is 7.18. The molecule has 1 amide bonds. The van der Waals surface area contributed by atoms with Crippen LogP contribution >= 0.6 is 11.3 Å². The average Bonchev–Trinajstić information content (AvgIpc) is 3.03. The lowest BCUT2D eigenvalue weighted by Gasteiger charge is -2.19. The van der Waals surface area contributed by atoms with Crippen LogP contribution in [-0.4, -0.2) is 22.3 Å². The van der Waals surface area contributed by atoms with E-state index in [1.54, 1.807) is 16.2 Å². The van der Waals surface area contributed by atoms with Crippen LogP contribution in [-0.2, 0) is 17.8 Å². The summed E-state index contributed by atoms with van der Waals surface area (Å²) in [6.45, 7) is 0.570. The van der Waals surface area contributed by atoms with Crippen molar-refractivity contribution in [1.82, 2.24) is 9.88 Å². The molecule has 0 spiro atoms. The SMILES string of the molecule is N#CCN(Cc1ccccc1)C(=O)CCc1nc2ccccc2s1. The molecule has 0 saturated heterocycles. The Morgan fingerprint density at radius 3 is 2.62 bits per heavy atom. The van der Waals surface area contributed by atoms with Crippen molar-refractivity contribution < 1.29 is 4.79 Å². The highest BCUT2D eigenvalue weighted by Gasteiger charge is 2.15. The Morgan fingerprint density at radius 2 is 1.88 bits per heavy atom. The second kappa shape index (κ2) is 7.71. The Hall–Kier alpha value is -2.71. The van der Waals surface area contributed by atoms with Gasteiger partial charge in [0.05, 0.1) is 21.3 Å². The molecule has 24 heavy (non-hydrogen) atoms. The van der Waals surface area contributed by atoms with Gasteiger partial charge < -0.3 is 4.90 Å². The second-order valence-corrected chi connectivity index (χ2v) is 6.58. The molecular weight excluding hydrogens is 318 g/mol. The van der Waals surface area contributed by atoms with Gasteiger partial charge in [0.15, 0.2) is 0 Å². The quantitative estimate of drug-likeness (QED) is 0.644. The van der Waals surface area contributed by atoms with Gasteiger partial charge in [-0.15, -0.1) is 11.3 Å². The minimum absolute atomic E-state index is 0.0142. The summed E-state index contributed by atoms with van der Waals surface area (Å²) in [5.74, 6) is -0.0142. The normalized spacial score (nSPS) is 10.5. The fourth-order valence-corrected chi connectivity index (χ4v) is 3.49.